The summed E-state index contributed by atoms with van der Waals surface area (Å²) in [5.41, 5.74) is 2.62. The van der Waals surface area contributed by atoms with Crippen LogP contribution in [-0.4, -0.2) is 57.2 Å². The number of furan rings is 1. The number of thioether (sulfide) groups is 1. The van der Waals surface area contributed by atoms with E-state index in [1.807, 2.05) is 59.3 Å². The van der Waals surface area contributed by atoms with E-state index in [4.69, 9.17) is 4.42 Å². The van der Waals surface area contributed by atoms with Crippen LogP contribution in [0.2, 0.25) is 0 Å². The van der Waals surface area contributed by atoms with Crippen LogP contribution < -0.4 is 0 Å². The van der Waals surface area contributed by atoms with Crippen LogP contribution in [0.25, 0.3) is 5.65 Å². The van der Waals surface area contributed by atoms with Crippen molar-refractivity contribution in [2.24, 2.45) is 0 Å². The Hall–Kier alpha value is -3.52. The van der Waals surface area contributed by atoms with Crippen molar-refractivity contribution in [1.82, 2.24) is 19.2 Å². The van der Waals surface area contributed by atoms with Gasteiger partial charge in [0.05, 0.1) is 12.0 Å². The van der Waals surface area contributed by atoms with Gasteiger partial charge in [-0.1, -0.05) is 6.07 Å². The van der Waals surface area contributed by atoms with Gasteiger partial charge in [-0.05, 0) is 48.5 Å². The van der Waals surface area contributed by atoms with E-state index >= 15 is 0 Å². The standard InChI is InChI=1S/C24H22N4O3S/c29-23(26-11-13-27(14-12-26)24(30)21-4-3-15-31-21)18-6-8-20(9-7-18)32-17-19-16-28-10-2-1-5-22(28)25-19/h1-10,15-16H,11-14,17H2. The molecule has 0 atom stereocenters. The molecule has 1 aromatic carbocycles. The Morgan fingerprint density at radius 2 is 1.66 bits per heavy atom. The average Bonchev–Trinajstić information content (AvgIpc) is 3.52. The maximum absolute atomic E-state index is 12.9. The van der Waals surface area contributed by atoms with E-state index in [9.17, 15) is 9.59 Å². The first-order valence-corrected chi connectivity index (χ1v) is 11.4. The molecule has 0 unspecified atom stereocenters. The topological polar surface area (TPSA) is 71.1 Å². The van der Waals surface area contributed by atoms with Crippen molar-refractivity contribution >= 4 is 29.2 Å². The average molecular weight is 447 g/mol. The second kappa shape index (κ2) is 8.92. The summed E-state index contributed by atoms with van der Waals surface area (Å²) in [4.78, 5) is 34.5. The number of aromatic nitrogens is 2. The van der Waals surface area contributed by atoms with Gasteiger partial charge in [-0.15, -0.1) is 11.8 Å². The van der Waals surface area contributed by atoms with Gasteiger partial charge in [-0.2, -0.15) is 0 Å². The third-order valence-electron chi connectivity index (χ3n) is 5.49. The Labute approximate surface area is 189 Å². The molecule has 1 saturated heterocycles. The number of carbonyl (C=O) groups excluding carboxylic acids is 2. The number of pyridine rings is 1. The van der Waals surface area contributed by atoms with E-state index in [0.717, 1.165) is 22.0 Å². The lowest BCUT2D eigenvalue weighted by Gasteiger charge is -2.34. The number of piperazine rings is 1. The fraction of sp³-hybridized carbons (Fsp3) is 0.208. The predicted octanol–water partition coefficient (Wildman–Crippen LogP) is 3.82. The SMILES string of the molecule is O=C(c1ccc(SCc2cn3ccccc3n2)cc1)N1CCN(C(=O)c2ccco2)CC1. The number of hydrogen-bond donors (Lipinski definition) is 0. The van der Waals surface area contributed by atoms with Crippen molar-refractivity contribution < 1.29 is 14.0 Å². The van der Waals surface area contributed by atoms with Gasteiger partial charge in [0.1, 0.15) is 5.65 Å². The van der Waals surface area contributed by atoms with Crippen LogP contribution in [0.5, 0.6) is 0 Å². The Balaban J connectivity index is 1.15. The molecule has 1 fully saturated rings. The summed E-state index contributed by atoms with van der Waals surface area (Å²) in [6.07, 6.45) is 5.52. The highest BCUT2D eigenvalue weighted by atomic mass is 32.2. The lowest BCUT2D eigenvalue weighted by molar-refractivity contribution is 0.0518. The monoisotopic (exact) mass is 446 g/mol. The Morgan fingerprint density at radius 1 is 0.906 bits per heavy atom. The van der Waals surface area contributed by atoms with Crippen molar-refractivity contribution in [3.05, 3.63) is 90.3 Å². The van der Waals surface area contributed by atoms with E-state index < -0.39 is 0 Å². The highest BCUT2D eigenvalue weighted by Crippen LogP contribution is 2.23. The summed E-state index contributed by atoms with van der Waals surface area (Å²) in [5.74, 6) is 0.961. The lowest BCUT2D eigenvalue weighted by Crippen LogP contribution is -2.50. The molecule has 32 heavy (non-hydrogen) atoms. The maximum Gasteiger partial charge on any atom is 0.289 e. The second-order valence-electron chi connectivity index (χ2n) is 7.57. The second-order valence-corrected chi connectivity index (χ2v) is 8.62. The molecule has 2 amide bonds. The summed E-state index contributed by atoms with van der Waals surface area (Å²) in [7, 11) is 0. The molecule has 4 aromatic rings. The van der Waals surface area contributed by atoms with Gasteiger partial charge in [-0.25, -0.2) is 4.98 Å². The molecular weight excluding hydrogens is 424 g/mol. The molecule has 0 saturated carbocycles. The van der Waals surface area contributed by atoms with Crippen molar-refractivity contribution in [1.29, 1.82) is 0 Å². The number of amides is 2. The number of imidazole rings is 1. The van der Waals surface area contributed by atoms with Gasteiger partial charge in [0.25, 0.3) is 11.8 Å². The molecule has 0 bridgehead atoms. The fourth-order valence-electron chi connectivity index (χ4n) is 3.76. The number of nitrogens with zero attached hydrogens (tertiary/aromatic N) is 4. The van der Waals surface area contributed by atoms with Crippen molar-refractivity contribution in [2.75, 3.05) is 26.2 Å². The van der Waals surface area contributed by atoms with E-state index in [0.29, 0.717) is 37.5 Å². The molecule has 3 aromatic heterocycles. The van der Waals surface area contributed by atoms with Gasteiger partial charge in [0.2, 0.25) is 0 Å². The van der Waals surface area contributed by atoms with Crippen LogP contribution in [0.4, 0.5) is 0 Å². The van der Waals surface area contributed by atoms with Crippen molar-refractivity contribution in [2.45, 2.75) is 10.6 Å². The molecule has 8 heteroatoms. The Bertz CT molecular complexity index is 1190. The molecular formula is C24H22N4O3S. The normalized spacial score (nSPS) is 14.1. The number of hydrogen-bond acceptors (Lipinski definition) is 5. The molecule has 7 nitrogen and oxygen atoms in total. The van der Waals surface area contributed by atoms with Crippen LogP contribution >= 0.6 is 11.8 Å². The third kappa shape index (κ3) is 4.27. The first-order valence-electron chi connectivity index (χ1n) is 10.4. The van der Waals surface area contributed by atoms with Gasteiger partial charge < -0.3 is 18.6 Å². The smallest absolute Gasteiger partial charge is 0.289 e. The van der Waals surface area contributed by atoms with E-state index in [-0.39, 0.29) is 11.8 Å². The Kier molecular flexibility index (Phi) is 5.68. The fourth-order valence-corrected chi connectivity index (χ4v) is 4.54. The van der Waals surface area contributed by atoms with E-state index in [1.54, 1.807) is 33.7 Å². The van der Waals surface area contributed by atoms with Crippen molar-refractivity contribution in [3.63, 3.8) is 0 Å². The molecule has 0 N–H and O–H groups in total. The molecule has 5 rings (SSSR count). The van der Waals surface area contributed by atoms with Gasteiger partial charge in [-0.3, -0.25) is 9.59 Å². The quantitative estimate of drug-likeness (QED) is 0.436. The highest BCUT2D eigenvalue weighted by molar-refractivity contribution is 7.98. The Morgan fingerprint density at radius 3 is 2.34 bits per heavy atom. The van der Waals surface area contributed by atoms with Crippen LogP contribution in [0.1, 0.15) is 26.6 Å². The highest BCUT2D eigenvalue weighted by Gasteiger charge is 2.26. The molecule has 0 radical (unpaired) electrons. The van der Waals surface area contributed by atoms with E-state index in [2.05, 4.69) is 4.98 Å². The zero-order chi connectivity index (χ0) is 21.9. The summed E-state index contributed by atoms with van der Waals surface area (Å²) < 4.78 is 7.20. The molecule has 0 spiro atoms. The minimum atomic E-state index is -0.130. The largest absolute Gasteiger partial charge is 0.459 e. The first kappa shape index (κ1) is 20.4. The number of rotatable bonds is 5. The summed E-state index contributed by atoms with van der Waals surface area (Å²) in [6.45, 7) is 2.02. The number of benzene rings is 1. The minimum absolute atomic E-state index is 0.00741. The van der Waals surface area contributed by atoms with Crippen LogP contribution in [0.15, 0.2) is 82.6 Å². The zero-order valence-corrected chi connectivity index (χ0v) is 18.2. The van der Waals surface area contributed by atoms with Gasteiger partial charge in [0, 0.05) is 54.8 Å². The summed E-state index contributed by atoms with van der Waals surface area (Å²) in [6, 6.07) is 17.0. The van der Waals surface area contributed by atoms with Gasteiger partial charge >= 0.3 is 0 Å². The van der Waals surface area contributed by atoms with Crippen molar-refractivity contribution in [3.8, 4) is 0 Å². The van der Waals surface area contributed by atoms with Crippen LogP contribution in [-0.2, 0) is 5.75 Å². The van der Waals surface area contributed by atoms with Crippen LogP contribution in [0, 0.1) is 0 Å². The van der Waals surface area contributed by atoms with E-state index in [1.165, 1.54) is 6.26 Å². The zero-order valence-electron chi connectivity index (χ0n) is 17.4. The van der Waals surface area contributed by atoms with Gasteiger partial charge in [0.15, 0.2) is 5.76 Å². The summed E-state index contributed by atoms with van der Waals surface area (Å²) >= 11 is 1.69. The predicted molar refractivity (Wildman–Crippen MR) is 122 cm³/mol. The lowest BCUT2D eigenvalue weighted by atomic mass is 10.2. The molecule has 162 valence electrons. The molecule has 4 heterocycles. The molecule has 1 aliphatic heterocycles. The molecule has 1 aliphatic rings. The summed E-state index contributed by atoms with van der Waals surface area (Å²) in [5, 5.41) is 0. The number of fused-ring (bicyclic) bond motifs is 1. The number of carbonyl (C=O) groups is 2. The maximum atomic E-state index is 12.9. The molecule has 0 aliphatic carbocycles. The van der Waals surface area contributed by atoms with Crippen LogP contribution in [0.3, 0.4) is 0 Å². The minimum Gasteiger partial charge on any atom is -0.459 e. The third-order valence-corrected chi connectivity index (χ3v) is 6.53. The first-order chi connectivity index (χ1) is 15.7.